The SMILES string of the molecule is CN(C)C(CCl)=C(C(=O)OCOC(=O)C(C)(C)C)N1C(=O)C(NC(=O)[C@@H](NC(=O)OC(C)(C)C)c2ccccc2)C1SC(=O)c1ccccc1. The summed E-state index contributed by atoms with van der Waals surface area (Å²) < 4.78 is 15.7. The molecular weight excluding hydrogens is 688 g/mol. The average molecular weight is 731 g/mol. The fourth-order valence-corrected chi connectivity index (χ4v) is 5.98. The van der Waals surface area contributed by atoms with Crippen molar-refractivity contribution in [3.63, 3.8) is 0 Å². The third-order valence-corrected chi connectivity index (χ3v) is 8.43. The molecule has 0 aromatic heterocycles. The Labute approximate surface area is 301 Å². The van der Waals surface area contributed by atoms with E-state index in [0.717, 1.165) is 4.90 Å². The second-order valence-corrected chi connectivity index (χ2v) is 14.8. The van der Waals surface area contributed by atoms with Gasteiger partial charge in [0.15, 0.2) is 5.70 Å². The normalized spacial score (nSPS) is 17.0. The number of nitrogens with one attached hydrogen (secondary N) is 2. The first-order chi connectivity index (χ1) is 23.4. The van der Waals surface area contributed by atoms with Crippen LogP contribution in [0, 0.1) is 5.41 Å². The van der Waals surface area contributed by atoms with E-state index in [2.05, 4.69) is 10.6 Å². The second kappa shape index (κ2) is 16.9. The summed E-state index contributed by atoms with van der Waals surface area (Å²) >= 11 is 6.96. The number of benzene rings is 2. The van der Waals surface area contributed by atoms with Crippen LogP contribution in [-0.4, -0.2) is 88.5 Å². The van der Waals surface area contributed by atoms with Crippen molar-refractivity contribution in [2.75, 3.05) is 26.8 Å². The number of esters is 2. The highest BCUT2D eigenvalue weighted by Gasteiger charge is 2.54. The Bertz CT molecular complexity index is 1610. The van der Waals surface area contributed by atoms with Crippen molar-refractivity contribution in [1.82, 2.24) is 20.4 Å². The van der Waals surface area contributed by atoms with Gasteiger partial charge < -0.3 is 29.7 Å². The molecule has 0 spiro atoms. The number of thioether (sulfide) groups is 1. The maximum absolute atomic E-state index is 14.0. The van der Waals surface area contributed by atoms with Crippen molar-refractivity contribution in [2.45, 2.75) is 64.6 Å². The number of ether oxygens (including phenoxy) is 3. The molecule has 0 aliphatic carbocycles. The summed E-state index contributed by atoms with van der Waals surface area (Å²) in [4.78, 5) is 82.5. The van der Waals surface area contributed by atoms with Crippen LogP contribution in [0.2, 0.25) is 0 Å². The lowest BCUT2D eigenvalue weighted by molar-refractivity contribution is -0.173. The molecule has 15 heteroatoms. The molecule has 2 N–H and O–H groups in total. The molecule has 50 heavy (non-hydrogen) atoms. The summed E-state index contributed by atoms with van der Waals surface area (Å²) in [7, 11) is 3.19. The summed E-state index contributed by atoms with van der Waals surface area (Å²) in [6, 6.07) is 13.9. The number of carbonyl (C=O) groups is 6. The number of carbonyl (C=O) groups excluding carboxylic acids is 6. The minimum Gasteiger partial charge on any atom is -0.444 e. The Kier molecular flexibility index (Phi) is 13.5. The highest BCUT2D eigenvalue weighted by Crippen LogP contribution is 2.38. The zero-order valence-corrected chi connectivity index (χ0v) is 30.8. The summed E-state index contributed by atoms with van der Waals surface area (Å²) in [6.45, 7) is 9.15. The van der Waals surface area contributed by atoms with Crippen LogP contribution in [0.1, 0.15) is 63.5 Å². The van der Waals surface area contributed by atoms with E-state index < -0.39 is 70.2 Å². The number of β-lactam (4-membered cyclic amide) rings is 1. The van der Waals surface area contributed by atoms with Crippen molar-refractivity contribution in [2.24, 2.45) is 5.41 Å². The van der Waals surface area contributed by atoms with Gasteiger partial charge >= 0.3 is 18.0 Å². The Morgan fingerprint density at radius 3 is 2.02 bits per heavy atom. The van der Waals surface area contributed by atoms with Gasteiger partial charge in [0.2, 0.25) is 17.8 Å². The minimum atomic E-state index is -1.34. The predicted octanol–water partition coefficient (Wildman–Crippen LogP) is 4.58. The van der Waals surface area contributed by atoms with Gasteiger partial charge in [-0.15, -0.1) is 11.6 Å². The van der Waals surface area contributed by atoms with Crippen LogP contribution in [-0.2, 0) is 33.4 Å². The lowest BCUT2D eigenvalue weighted by Crippen LogP contribution is -2.70. The topological polar surface area (TPSA) is 161 Å². The molecule has 0 bridgehead atoms. The van der Waals surface area contributed by atoms with E-state index in [9.17, 15) is 28.8 Å². The first-order valence-corrected chi connectivity index (χ1v) is 17.0. The number of alkyl halides is 1. The molecule has 1 fully saturated rings. The van der Waals surface area contributed by atoms with Crippen molar-refractivity contribution in [3.05, 3.63) is 83.2 Å². The van der Waals surface area contributed by atoms with E-state index in [-0.39, 0.29) is 17.3 Å². The molecule has 3 rings (SSSR count). The molecule has 2 aromatic carbocycles. The van der Waals surface area contributed by atoms with Crippen molar-refractivity contribution < 1.29 is 43.0 Å². The van der Waals surface area contributed by atoms with E-state index in [4.69, 9.17) is 25.8 Å². The van der Waals surface area contributed by atoms with Gasteiger partial charge in [-0.05, 0) is 47.1 Å². The van der Waals surface area contributed by atoms with E-state index >= 15 is 0 Å². The molecule has 1 aliphatic rings. The van der Waals surface area contributed by atoms with Crippen LogP contribution < -0.4 is 10.6 Å². The monoisotopic (exact) mass is 730 g/mol. The quantitative estimate of drug-likeness (QED) is 0.103. The van der Waals surface area contributed by atoms with Gasteiger partial charge in [0.25, 0.3) is 5.91 Å². The zero-order valence-electron chi connectivity index (χ0n) is 29.3. The van der Waals surface area contributed by atoms with Crippen LogP contribution >= 0.6 is 23.4 Å². The molecule has 13 nitrogen and oxygen atoms in total. The van der Waals surface area contributed by atoms with Crippen LogP contribution in [0.25, 0.3) is 0 Å². The van der Waals surface area contributed by atoms with E-state index in [1.165, 1.54) is 4.90 Å². The Hall–Kier alpha value is -4.56. The summed E-state index contributed by atoms with van der Waals surface area (Å²) in [5.41, 5.74) is -1.18. The maximum atomic E-state index is 14.0. The van der Waals surface area contributed by atoms with E-state index in [1.54, 1.807) is 116 Å². The van der Waals surface area contributed by atoms with Gasteiger partial charge in [0.1, 0.15) is 23.1 Å². The first-order valence-electron chi connectivity index (χ1n) is 15.6. The summed E-state index contributed by atoms with van der Waals surface area (Å²) in [6.07, 6.45) is -0.869. The molecule has 2 aromatic rings. The molecule has 3 amide bonds. The Balaban J connectivity index is 2.00. The zero-order chi connectivity index (χ0) is 37.4. The average Bonchev–Trinajstić information content (AvgIpc) is 3.04. The number of amides is 3. The Morgan fingerprint density at radius 2 is 1.50 bits per heavy atom. The van der Waals surface area contributed by atoms with Gasteiger partial charge in [0, 0.05) is 19.7 Å². The first kappa shape index (κ1) is 39.9. The lowest BCUT2D eigenvalue weighted by atomic mass is 9.98. The molecule has 1 aliphatic heterocycles. The molecule has 3 atom stereocenters. The highest BCUT2D eigenvalue weighted by atomic mass is 35.5. The smallest absolute Gasteiger partial charge is 0.408 e. The van der Waals surface area contributed by atoms with Crippen LogP contribution in [0.4, 0.5) is 4.79 Å². The van der Waals surface area contributed by atoms with Crippen LogP contribution in [0.3, 0.4) is 0 Å². The third-order valence-electron chi connectivity index (χ3n) is 7.00. The Morgan fingerprint density at radius 1 is 0.920 bits per heavy atom. The molecule has 1 saturated heterocycles. The van der Waals surface area contributed by atoms with Crippen molar-refractivity contribution >= 4 is 58.3 Å². The molecule has 270 valence electrons. The molecule has 2 unspecified atom stereocenters. The minimum absolute atomic E-state index is 0.156. The largest absolute Gasteiger partial charge is 0.444 e. The fraction of sp³-hybridized carbons (Fsp3) is 0.429. The van der Waals surface area contributed by atoms with Crippen LogP contribution in [0.5, 0.6) is 0 Å². The molecule has 0 radical (unpaired) electrons. The highest BCUT2D eigenvalue weighted by molar-refractivity contribution is 8.14. The third kappa shape index (κ3) is 10.5. The molecular formula is C35H43ClN4O9S. The van der Waals surface area contributed by atoms with Gasteiger partial charge in [0.05, 0.1) is 17.0 Å². The fourth-order valence-electron chi connectivity index (χ4n) is 4.49. The number of likely N-dealkylation sites (tertiary alicyclic amines) is 1. The number of allylic oxidation sites excluding steroid dienone is 1. The van der Waals surface area contributed by atoms with E-state index in [0.29, 0.717) is 22.9 Å². The number of alkyl carbamates (subject to hydrolysis) is 1. The number of hydrogen-bond donors (Lipinski definition) is 2. The number of hydrogen-bond acceptors (Lipinski definition) is 11. The van der Waals surface area contributed by atoms with Gasteiger partial charge in [-0.2, -0.15) is 0 Å². The van der Waals surface area contributed by atoms with Crippen molar-refractivity contribution in [1.29, 1.82) is 0 Å². The molecule has 1 heterocycles. The van der Waals surface area contributed by atoms with Crippen LogP contribution in [0.15, 0.2) is 72.1 Å². The number of halogens is 1. The standard InChI is InChI=1S/C35H43ClN4O9S/c1-34(2,3)32(45)48-20-47-30(43)26(23(19-36)39(7)8)40-28(42)25(29(40)50-31(44)22-17-13-10-14-18-22)37-27(41)24(21-15-11-9-12-16-21)38-33(46)49-35(4,5)6/h9-18,24-25,29H,19-20H2,1-8H3,(H,37,41)(H,38,46)/t24-,25?,29?/m0/s1. The van der Waals surface area contributed by atoms with Gasteiger partial charge in [-0.3, -0.25) is 24.1 Å². The summed E-state index contributed by atoms with van der Waals surface area (Å²) in [5, 5.41) is 3.59. The van der Waals surface area contributed by atoms with Gasteiger partial charge in [-0.1, -0.05) is 72.4 Å². The number of nitrogens with zero attached hydrogens (tertiary/aromatic N) is 2. The van der Waals surface area contributed by atoms with Crippen molar-refractivity contribution in [3.8, 4) is 0 Å². The molecule has 0 saturated carbocycles. The number of rotatable bonds is 12. The second-order valence-electron chi connectivity index (χ2n) is 13.4. The maximum Gasteiger partial charge on any atom is 0.408 e. The summed E-state index contributed by atoms with van der Waals surface area (Å²) in [5.74, 6) is -3.46. The van der Waals surface area contributed by atoms with Gasteiger partial charge in [-0.25, -0.2) is 9.59 Å². The predicted molar refractivity (Wildman–Crippen MR) is 187 cm³/mol. The van der Waals surface area contributed by atoms with E-state index in [1.807, 2.05) is 0 Å². The lowest BCUT2D eigenvalue weighted by Gasteiger charge is -2.47.